The summed E-state index contributed by atoms with van der Waals surface area (Å²) in [6, 6.07) is 0. The van der Waals surface area contributed by atoms with E-state index in [0.717, 1.165) is 17.7 Å². The van der Waals surface area contributed by atoms with Gasteiger partial charge in [-0.05, 0) is 18.9 Å². The molecule has 0 fully saturated rings. The molecule has 1 rings (SSSR count). The molecule has 0 radical (unpaired) electrons. The lowest BCUT2D eigenvalue weighted by molar-refractivity contribution is -0.116. The summed E-state index contributed by atoms with van der Waals surface area (Å²) in [5.41, 5.74) is 2.24. The van der Waals surface area contributed by atoms with Gasteiger partial charge in [0.25, 0.3) is 0 Å². The largest absolute Gasteiger partial charge is 0.299 e. The Morgan fingerprint density at radius 2 is 2.27 bits per heavy atom. The molecule has 0 amide bonds. The summed E-state index contributed by atoms with van der Waals surface area (Å²) in [6.07, 6.45) is 2.90. The van der Waals surface area contributed by atoms with Gasteiger partial charge >= 0.3 is 0 Å². The van der Waals surface area contributed by atoms with E-state index in [0.29, 0.717) is 0 Å². The molecule has 84 valence electrons. The van der Waals surface area contributed by atoms with E-state index in [2.05, 4.69) is 34.9 Å². The Morgan fingerprint density at radius 1 is 1.67 bits per heavy atom. The minimum atomic E-state index is -0.119. The number of aryl methyl sites for hydroxylation is 2. The number of carbonyl (C=O) groups is 1. The van der Waals surface area contributed by atoms with Crippen molar-refractivity contribution < 1.29 is 4.79 Å². The summed E-state index contributed by atoms with van der Waals surface area (Å²) < 4.78 is 1.81. The fraction of sp³-hybridized carbons (Fsp3) is 0.636. The Balaban J connectivity index is 2.99. The van der Waals surface area contributed by atoms with Gasteiger partial charge in [-0.2, -0.15) is 5.10 Å². The number of Topliss-reactive ketones (excluding diaryl/α,β-unsaturated/α-hetero) is 1. The highest BCUT2D eigenvalue weighted by Gasteiger charge is 2.23. The van der Waals surface area contributed by atoms with Crippen LogP contribution in [-0.2, 0) is 18.3 Å². The summed E-state index contributed by atoms with van der Waals surface area (Å²) in [6.45, 7) is 5.74. The second-order valence-corrected chi connectivity index (χ2v) is 4.85. The van der Waals surface area contributed by atoms with Crippen LogP contribution in [0.3, 0.4) is 0 Å². The summed E-state index contributed by atoms with van der Waals surface area (Å²) in [7, 11) is 1.91. The molecule has 0 saturated heterocycles. The summed E-state index contributed by atoms with van der Waals surface area (Å²) in [5.74, 6) is 0.333. The van der Waals surface area contributed by atoms with E-state index in [4.69, 9.17) is 0 Å². The van der Waals surface area contributed by atoms with Crippen LogP contribution in [0.1, 0.15) is 37.9 Å². The second kappa shape index (κ2) is 4.92. The fourth-order valence-electron chi connectivity index (χ4n) is 1.72. The Labute approximate surface area is 99.0 Å². The fourth-order valence-corrected chi connectivity index (χ4v) is 2.00. The van der Waals surface area contributed by atoms with Crippen LogP contribution in [0, 0.1) is 0 Å². The number of alkyl halides is 1. The molecule has 0 bridgehead atoms. The maximum Gasteiger partial charge on any atom is 0.144 e. The van der Waals surface area contributed by atoms with Gasteiger partial charge in [0.15, 0.2) is 0 Å². The lowest BCUT2D eigenvalue weighted by atomic mass is 9.95. The number of nitrogens with zero attached hydrogens (tertiary/aromatic N) is 2. The first kappa shape index (κ1) is 12.4. The number of hydrogen-bond donors (Lipinski definition) is 0. The zero-order valence-corrected chi connectivity index (χ0v) is 11.2. The van der Waals surface area contributed by atoms with Crippen molar-refractivity contribution >= 4 is 21.7 Å². The van der Waals surface area contributed by atoms with Gasteiger partial charge in [-0.25, -0.2) is 0 Å². The van der Waals surface area contributed by atoms with Crippen molar-refractivity contribution in [2.75, 3.05) is 0 Å². The molecule has 2 atom stereocenters. The molecular formula is C11H17BrN2O. The molecule has 1 heterocycles. The normalized spacial score (nSPS) is 15.0. The van der Waals surface area contributed by atoms with E-state index in [1.54, 1.807) is 6.92 Å². The van der Waals surface area contributed by atoms with Gasteiger partial charge in [0.1, 0.15) is 5.78 Å². The standard InChI is InChI=1S/C11H17BrN2O/c1-5-10-9(6-14(4)13-10)7(2)11(12)8(3)15/h6-7,11H,5H2,1-4H3. The molecule has 0 saturated carbocycles. The van der Waals surface area contributed by atoms with Crippen LogP contribution in [0.25, 0.3) is 0 Å². The Hall–Kier alpha value is -0.640. The van der Waals surface area contributed by atoms with Crippen molar-refractivity contribution in [3.8, 4) is 0 Å². The van der Waals surface area contributed by atoms with Gasteiger partial charge in [-0.1, -0.05) is 29.8 Å². The number of rotatable bonds is 4. The van der Waals surface area contributed by atoms with E-state index < -0.39 is 0 Å². The van der Waals surface area contributed by atoms with E-state index in [1.807, 2.05) is 17.9 Å². The maximum atomic E-state index is 11.3. The molecule has 3 nitrogen and oxygen atoms in total. The van der Waals surface area contributed by atoms with Gasteiger partial charge in [-0.3, -0.25) is 9.48 Å². The van der Waals surface area contributed by atoms with Gasteiger partial charge in [0.05, 0.1) is 10.5 Å². The molecule has 4 heteroatoms. The highest BCUT2D eigenvalue weighted by molar-refractivity contribution is 9.10. The van der Waals surface area contributed by atoms with Crippen LogP contribution in [0.2, 0.25) is 0 Å². The summed E-state index contributed by atoms with van der Waals surface area (Å²) >= 11 is 3.43. The molecule has 0 aliphatic carbocycles. The van der Waals surface area contributed by atoms with E-state index in [1.165, 1.54) is 0 Å². The minimum absolute atomic E-state index is 0.119. The van der Waals surface area contributed by atoms with Gasteiger partial charge in [-0.15, -0.1) is 0 Å². The van der Waals surface area contributed by atoms with Crippen LogP contribution in [0.5, 0.6) is 0 Å². The first-order valence-electron chi connectivity index (χ1n) is 5.14. The lowest BCUT2D eigenvalue weighted by Crippen LogP contribution is -2.18. The Kier molecular flexibility index (Phi) is 4.08. The van der Waals surface area contributed by atoms with Crippen molar-refractivity contribution in [2.24, 2.45) is 7.05 Å². The molecule has 15 heavy (non-hydrogen) atoms. The van der Waals surface area contributed by atoms with Crippen molar-refractivity contribution in [3.63, 3.8) is 0 Å². The average molecular weight is 273 g/mol. The molecule has 0 aliphatic heterocycles. The Morgan fingerprint density at radius 3 is 2.73 bits per heavy atom. The zero-order valence-electron chi connectivity index (χ0n) is 9.62. The third-order valence-electron chi connectivity index (χ3n) is 2.59. The molecule has 2 unspecified atom stereocenters. The number of ketones is 1. The van der Waals surface area contributed by atoms with E-state index in [-0.39, 0.29) is 16.5 Å². The molecule has 0 N–H and O–H groups in total. The third-order valence-corrected chi connectivity index (χ3v) is 4.03. The van der Waals surface area contributed by atoms with Crippen LogP contribution >= 0.6 is 15.9 Å². The van der Waals surface area contributed by atoms with Crippen LogP contribution in [-0.4, -0.2) is 20.4 Å². The van der Waals surface area contributed by atoms with Crippen molar-refractivity contribution in [2.45, 2.75) is 37.9 Å². The van der Waals surface area contributed by atoms with Gasteiger partial charge < -0.3 is 0 Å². The smallest absolute Gasteiger partial charge is 0.144 e. The van der Waals surface area contributed by atoms with Gasteiger partial charge in [0.2, 0.25) is 0 Å². The molecule has 0 aliphatic rings. The minimum Gasteiger partial charge on any atom is -0.299 e. The number of hydrogen-bond acceptors (Lipinski definition) is 2. The lowest BCUT2D eigenvalue weighted by Gasteiger charge is -2.15. The van der Waals surface area contributed by atoms with Crippen molar-refractivity contribution in [1.29, 1.82) is 0 Å². The monoisotopic (exact) mass is 272 g/mol. The highest BCUT2D eigenvalue weighted by Crippen LogP contribution is 2.27. The number of halogens is 1. The van der Waals surface area contributed by atoms with E-state index in [9.17, 15) is 4.79 Å². The summed E-state index contributed by atoms with van der Waals surface area (Å²) in [5, 5.41) is 4.38. The topological polar surface area (TPSA) is 34.9 Å². The van der Waals surface area contributed by atoms with E-state index >= 15 is 0 Å². The molecule has 1 aromatic rings. The highest BCUT2D eigenvalue weighted by atomic mass is 79.9. The van der Waals surface area contributed by atoms with Crippen LogP contribution in [0.15, 0.2) is 6.20 Å². The number of carbonyl (C=O) groups excluding carboxylic acids is 1. The number of aromatic nitrogens is 2. The summed E-state index contributed by atoms with van der Waals surface area (Å²) in [4.78, 5) is 11.2. The third kappa shape index (κ3) is 2.68. The maximum absolute atomic E-state index is 11.3. The van der Waals surface area contributed by atoms with Gasteiger partial charge in [0, 0.05) is 19.2 Å². The van der Waals surface area contributed by atoms with Crippen molar-refractivity contribution in [1.82, 2.24) is 9.78 Å². The van der Waals surface area contributed by atoms with Crippen LogP contribution < -0.4 is 0 Å². The quantitative estimate of drug-likeness (QED) is 0.790. The SMILES string of the molecule is CCc1nn(C)cc1C(C)C(Br)C(C)=O. The van der Waals surface area contributed by atoms with Crippen LogP contribution in [0.4, 0.5) is 0 Å². The van der Waals surface area contributed by atoms with Crippen molar-refractivity contribution in [3.05, 3.63) is 17.5 Å². The molecule has 0 spiro atoms. The second-order valence-electron chi connectivity index (χ2n) is 3.86. The predicted molar refractivity (Wildman–Crippen MR) is 64.4 cm³/mol. The first-order valence-corrected chi connectivity index (χ1v) is 6.05. The first-order chi connectivity index (χ1) is 6.97. The molecule has 0 aromatic carbocycles. The Bertz CT molecular complexity index is 359. The zero-order chi connectivity index (χ0) is 11.6. The molecule has 1 aromatic heterocycles. The predicted octanol–water partition coefficient (Wildman–Crippen LogP) is 2.44. The molecular weight excluding hydrogens is 256 g/mol. The average Bonchev–Trinajstić information content (AvgIpc) is 2.57.